The van der Waals surface area contributed by atoms with Crippen molar-refractivity contribution < 1.29 is 22.7 Å². The van der Waals surface area contributed by atoms with Gasteiger partial charge in [-0.15, -0.1) is 0 Å². The van der Waals surface area contributed by atoms with Crippen LogP contribution in [0.15, 0.2) is 77.7 Å². The summed E-state index contributed by atoms with van der Waals surface area (Å²) < 4.78 is 34.2. The van der Waals surface area contributed by atoms with Crippen molar-refractivity contribution in [2.45, 2.75) is 50.7 Å². The fraction of sp³-hybridized carbons (Fsp3) is 0.310. The van der Waals surface area contributed by atoms with Crippen LogP contribution in [0.25, 0.3) is 0 Å². The molecule has 11 heteroatoms. The number of para-hydroxylation sites is 2. The largest absolute Gasteiger partial charge is 0.495 e. The van der Waals surface area contributed by atoms with Gasteiger partial charge >= 0.3 is 0 Å². The lowest BCUT2D eigenvalue weighted by Gasteiger charge is -2.33. The Labute approximate surface area is 245 Å². The number of methoxy groups -OCH3 is 1. The van der Waals surface area contributed by atoms with Gasteiger partial charge in [-0.2, -0.15) is 0 Å². The van der Waals surface area contributed by atoms with Gasteiger partial charge in [-0.05, 0) is 62.2 Å². The highest BCUT2D eigenvalue weighted by Crippen LogP contribution is 2.32. The molecule has 0 saturated heterocycles. The summed E-state index contributed by atoms with van der Waals surface area (Å²) >= 11 is 12.5. The maximum atomic E-state index is 14.0. The lowest BCUT2D eigenvalue weighted by molar-refractivity contribution is -0.139. The SMILES string of the molecule is CC[C@H](C)NC(=O)[C@H](C)N(Cc1ccc(Cl)cc1Cl)C(=O)CN(c1ccccc1OC)S(=O)(=O)c1ccccc1. The summed E-state index contributed by atoms with van der Waals surface area (Å²) in [5.74, 6) is -0.713. The molecule has 0 aromatic heterocycles. The van der Waals surface area contributed by atoms with Crippen LogP contribution in [0.5, 0.6) is 5.75 Å². The van der Waals surface area contributed by atoms with Gasteiger partial charge in [-0.25, -0.2) is 8.42 Å². The molecule has 3 rings (SSSR count). The van der Waals surface area contributed by atoms with Gasteiger partial charge in [0.2, 0.25) is 11.8 Å². The van der Waals surface area contributed by atoms with Gasteiger partial charge in [0.25, 0.3) is 10.0 Å². The van der Waals surface area contributed by atoms with Gasteiger partial charge in [0.05, 0.1) is 17.7 Å². The van der Waals surface area contributed by atoms with Crippen LogP contribution in [0.4, 0.5) is 5.69 Å². The number of sulfonamides is 1. The first kappa shape index (κ1) is 31.3. The number of carbonyl (C=O) groups is 2. The van der Waals surface area contributed by atoms with Gasteiger partial charge in [-0.3, -0.25) is 13.9 Å². The Morgan fingerprint density at radius 3 is 2.25 bits per heavy atom. The van der Waals surface area contributed by atoms with Gasteiger partial charge in [0, 0.05) is 22.6 Å². The van der Waals surface area contributed by atoms with E-state index in [1.165, 1.54) is 24.1 Å². The number of ether oxygens (including phenoxy) is 1. The van der Waals surface area contributed by atoms with Crippen LogP contribution in [-0.4, -0.2) is 50.9 Å². The number of benzene rings is 3. The Morgan fingerprint density at radius 1 is 0.975 bits per heavy atom. The highest BCUT2D eigenvalue weighted by Gasteiger charge is 2.34. The highest BCUT2D eigenvalue weighted by molar-refractivity contribution is 7.92. The monoisotopic (exact) mass is 605 g/mol. The molecular formula is C29H33Cl2N3O5S. The van der Waals surface area contributed by atoms with E-state index in [9.17, 15) is 18.0 Å². The molecule has 1 N–H and O–H groups in total. The molecule has 3 aromatic rings. The molecule has 0 radical (unpaired) electrons. The average Bonchev–Trinajstić information content (AvgIpc) is 2.95. The summed E-state index contributed by atoms with van der Waals surface area (Å²) in [6, 6.07) is 18.1. The third-order valence-electron chi connectivity index (χ3n) is 6.49. The first-order valence-electron chi connectivity index (χ1n) is 12.7. The molecule has 2 atom stereocenters. The van der Waals surface area contributed by atoms with Gasteiger partial charge in [-0.1, -0.05) is 66.5 Å². The molecule has 0 saturated carbocycles. The number of rotatable bonds is 12. The molecule has 0 aliphatic rings. The number of hydrogen-bond acceptors (Lipinski definition) is 5. The molecule has 214 valence electrons. The lowest BCUT2D eigenvalue weighted by Crippen LogP contribution is -2.52. The van der Waals surface area contributed by atoms with Crippen LogP contribution in [0.1, 0.15) is 32.8 Å². The number of anilines is 1. The Hall–Kier alpha value is -3.27. The van der Waals surface area contributed by atoms with Crippen molar-refractivity contribution in [3.8, 4) is 5.75 Å². The van der Waals surface area contributed by atoms with Crippen molar-refractivity contribution in [3.05, 3.63) is 88.4 Å². The van der Waals surface area contributed by atoms with Gasteiger partial charge < -0.3 is 15.0 Å². The third kappa shape index (κ3) is 7.47. The quantitative estimate of drug-likeness (QED) is 0.293. The van der Waals surface area contributed by atoms with E-state index in [-0.39, 0.29) is 34.8 Å². The van der Waals surface area contributed by atoms with Crippen LogP contribution in [0.3, 0.4) is 0 Å². The van der Waals surface area contributed by atoms with E-state index < -0.39 is 28.5 Å². The second kappa shape index (κ2) is 13.9. The zero-order chi connectivity index (χ0) is 29.4. The summed E-state index contributed by atoms with van der Waals surface area (Å²) in [6.07, 6.45) is 0.701. The minimum atomic E-state index is -4.21. The minimum Gasteiger partial charge on any atom is -0.495 e. The number of amides is 2. The number of carbonyl (C=O) groups excluding carboxylic acids is 2. The van der Waals surface area contributed by atoms with E-state index in [1.54, 1.807) is 67.6 Å². The zero-order valence-electron chi connectivity index (χ0n) is 22.8. The molecule has 2 amide bonds. The molecular weight excluding hydrogens is 573 g/mol. The van der Waals surface area contributed by atoms with Crippen molar-refractivity contribution in [1.29, 1.82) is 0 Å². The summed E-state index contributed by atoms with van der Waals surface area (Å²) in [5, 5.41) is 3.63. The first-order valence-corrected chi connectivity index (χ1v) is 14.9. The molecule has 3 aromatic carbocycles. The Balaban J connectivity index is 2.07. The normalized spacial score (nSPS) is 12.8. The fourth-order valence-electron chi connectivity index (χ4n) is 3.95. The van der Waals surface area contributed by atoms with E-state index in [0.29, 0.717) is 22.0 Å². The van der Waals surface area contributed by atoms with Crippen LogP contribution in [0, 0.1) is 0 Å². The van der Waals surface area contributed by atoms with Crippen molar-refractivity contribution >= 4 is 50.7 Å². The van der Waals surface area contributed by atoms with Gasteiger partial charge in [0.1, 0.15) is 18.3 Å². The molecule has 0 spiro atoms. The predicted molar refractivity (Wildman–Crippen MR) is 158 cm³/mol. The molecule has 40 heavy (non-hydrogen) atoms. The van der Waals surface area contributed by atoms with Crippen molar-refractivity contribution in [3.63, 3.8) is 0 Å². The van der Waals surface area contributed by atoms with Crippen molar-refractivity contribution in [2.24, 2.45) is 0 Å². The van der Waals surface area contributed by atoms with Crippen LogP contribution >= 0.6 is 23.2 Å². The molecule has 0 bridgehead atoms. The van der Waals surface area contributed by atoms with E-state index >= 15 is 0 Å². The summed E-state index contributed by atoms with van der Waals surface area (Å²) in [7, 11) is -2.79. The van der Waals surface area contributed by atoms with Crippen molar-refractivity contribution in [1.82, 2.24) is 10.2 Å². The molecule has 0 aliphatic heterocycles. The number of nitrogens with zero attached hydrogens (tertiary/aromatic N) is 2. The van der Waals surface area contributed by atoms with Gasteiger partial charge in [0.15, 0.2) is 0 Å². The van der Waals surface area contributed by atoms with Crippen LogP contribution in [0.2, 0.25) is 10.0 Å². The second-order valence-corrected chi connectivity index (χ2v) is 12.0. The van der Waals surface area contributed by atoms with Crippen LogP contribution < -0.4 is 14.4 Å². The Bertz CT molecular complexity index is 1440. The average molecular weight is 607 g/mol. The zero-order valence-corrected chi connectivity index (χ0v) is 25.1. The van der Waals surface area contributed by atoms with E-state index in [1.807, 2.05) is 13.8 Å². The minimum absolute atomic E-state index is 0.00330. The summed E-state index contributed by atoms with van der Waals surface area (Å²) in [6.45, 7) is 4.76. The molecule has 0 unspecified atom stereocenters. The lowest BCUT2D eigenvalue weighted by atomic mass is 10.1. The molecule has 8 nitrogen and oxygen atoms in total. The molecule has 0 fully saturated rings. The number of halogens is 2. The number of hydrogen-bond donors (Lipinski definition) is 1. The van der Waals surface area contributed by atoms with Crippen LogP contribution in [-0.2, 0) is 26.2 Å². The Morgan fingerprint density at radius 2 is 1.62 bits per heavy atom. The van der Waals surface area contributed by atoms with Crippen molar-refractivity contribution in [2.75, 3.05) is 18.0 Å². The predicted octanol–water partition coefficient (Wildman–Crippen LogP) is 5.53. The third-order valence-corrected chi connectivity index (χ3v) is 8.85. The summed E-state index contributed by atoms with van der Waals surface area (Å²) in [4.78, 5) is 28.5. The van der Waals surface area contributed by atoms with E-state index in [2.05, 4.69) is 5.32 Å². The smallest absolute Gasteiger partial charge is 0.264 e. The highest BCUT2D eigenvalue weighted by atomic mass is 35.5. The molecule has 0 aliphatic carbocycles. The standard InChI is InChI=1S/C29H33Cl2N3O5S/c1-5-20(2)32-29(36)21(3)33(18-22-15-16-23(30)17-25(22)31)28(35)19-34(26-13-9-10-14-27(26)39-4)40(37,38)24-11-7-6-8-12-24/h6-17,20-21H,5,18-19H2,1-4H3,(H,32,36)/t20-,21-/m0/s1. The topological polar surface area (TPSA) is 96.0 Å². The number of nitrogens with one attached hydrogen (secondary N) is 1. The fourth-order valence-corrected chi connectivity index (χ4v) is 5.86. The first-order chi connectivity index (χ1) is 19.0. The summed E-state index contributed by atoms with van der Waals surface area (Å²) in [5.41, 5.74) is 0.737. The Kier molecular flexibility index (Phi) is 10.8. The maximum Gasteiger partial charge on any atom is 0.264 e. The second-order valence-electron chi connectivity index (χ2n) is 9.25. The van der Waals surface area contributed by atoms with E-state index in [0.717, 1.165) is 4.31 Å². The molecule has 0 heterocycles. The van der Waals surface area contributed by atoms with E-state index in [4.69, 9.17) is 27.9 Å². The maximum absolute atomic E-state index is 14.0.